The molecule has 1 aromatic heterocycles. The lowest BCUT2D eigenvalue weighted by Gasteiger charge is -2.28. The summed E-state index contributed by atoms with van der Waals surface area (Å²) in [7, 11) is 0. The molecule has 0 saturated heterocycles. The van der Waals surface area contributed by atoms with Gasteiger partial charge in [0.05, 0.1) is 5.69 Å². The van der Waals surface area contributed by atoms with E-state index in [1.165, 1.54) is 0 Å². The number of anilines is 1. The summed E-state index contributed by atoms with van der Waals surface area (Å²) >= 11 is 1.66. The van der Waals surface area contributed by atoms with Crippen molar-refractivity contribution in [1.82, 2.24) is 5.32 Å². The molecule has 0 aliphatic heterocycles. The number of amides is 2. The monoisotopic (exact) mass is 330 g/mol. The van der Waals surface area contributed by atoms with Crippen LogP contribution >= 0.6 is 11.3 Å². The van der Waals surface area contributed by atoms with E-state index in [0.717, 1.165) is 41.8 Å². The van der Waals surface area contributed by atoms with Crippen molar-refractivity contribution >= 4 is 23.1 Å². The van der Waals surface area contributed by atoms with Gasteiger partial charge < -0.3 is 15.7 Å². The van der Waals surface area contributed by atoms with E-state index in [2.05, 4.69) is 16.7 Å². The first-order valence-electron chi connectivity index (χ1n) is 8.07. The minimum absolute atomic E-state index is 0.151. The van der Waals surface area contributed by atoms with Gasteiger partial charge in [-0.3, -0.25) is 0 Å². The Kier molecular flexibility index (Phi) is 5.31. The van der Waals surface area contributed by atoms with Crippen molar-refractivity contribution in [3.05, 3.63) is 41.8 Å². The molecule has 0 spiro atoms. The first-order valence-corrected chi connectivity index (χ1v) is 8.95. The largest absolute Gasteiger partial charge is 0.396 e. The van der Waals surface area contributed by atoms with E-state index in [9.17, 15) is 9.90 Å². The Morgan fingerprint density at radius 2 is 1.91 bits per heavy atom. The Morgan fingerprint density at radius 3 is 2.61 bits per heavy atom. The number of urea groups is 1. The number of hydrogen-bond donors (Lipinski definition) is 3. The molecule has 1 aromatic carbocycles. The maximum Gasteiger partial charge on any atom is 0.319 e. The fourth-order valence-electron chi connectivity index (χ4n) is 3.07. The number of hydrogen-bond acceptors (Lipinski definition) is 3. The third-order valence-electron chi connectivity index (χ3n) is 4.40. The predicted molar refractivity (Wildman–Crippen MR) is 94.7 cm³/mol. The molecule has 2 amide bonds. The molecule has 2 aromatic rings. The van der Waals surface area contributed by atoms with E-state index in [1.54, 1.807) is 11.3 Å². The molecule has 1 saturated carbocycles. The van der Waals surface area contributed by atoms with Gasteiger partial charge in [0.1, 0.15) is 0 Å². The van der Waals surface area contributed by atoms with Crippen LogP contribution in [0, 0.1) is 5.92 Å². The van der Waals surface area contributed by atoms with Gasteiger partial charge in [-0.1, -0.05) is 24.3 Å². The summed E-state index contributed by atoms with van der Waals surface area (Å²) in [4.78, 5) is 13.4. The highest BCUT2D eigenvalue weighted by Crippen LogP contribution is 2.31. The van der Waals surface area contributed by atoms with Crippen molar-refractivity contribution in [3.8, 4) is 10.4 Å². The highest BCUT2D eigenvalue weighted by molar-refractivity contribution is 7.13. The first kappa shape index (κ1) is 16.0. The fraction of sp³-hybridized carbons (Fsp3) is 0.389. The Balaban J connectivity index is 1.61. The lowest BCUT2D eigenvalue weighted by molar-refractivity contribution is 0.176. The Morgan fingerprint density at radius 1 is 1.13 bits per heavy atom. The summed E-state index contributed by atoms with van der Waals surface area (Å²) in [5.74, 6) is 0.399. The number of carbonyl (C=O) groups excluding carboxylic acids is 1. The second-order valence-electron chi connectivity index (χ2n) is 6.02. The van der Waals surface area contributed by atoms with Crippen LogP contribution in [0.15, 0.2) is 41.8 Å². The van der Waals surface area contributed by atoms with Gasteiger partial charge in [0, 0.05) is 23.1 Å². The number of nitrogens with one attached hydrogen (secondary N) is 2. The zero-order valence-electron chi connectivity index (χ0n) is 13.0. The van der Waals surface area contributed by atoms with Crippen LogP contribution in [0.25, 0.3) is 10.4 Å². The third kappa shape index (κ3) is 4.12. The second kappa shape index (κ2) is 7.62. The molecule has 4 nitrogen and oxygen atoms in total. The van der Waals surface area contributed by atoms with Gasteiger partial charge >= 0.3 is 6.03 Å². The topological polar surface area (TPSA) is 61.4 Å². The predicted octanol–water partition coefficient (Wildman–Crippen LogP) is 4.09. The fourth-order valence-corrected chi connectivity index (χ4v) is 3.84. The molecular formula is C18H22N2O2S. The van der Waals surface area contributed by atoms with Crippen LogP contribution in [0.5, 0.6) is 0 Å². The lowest BCUT2D eigenvalue weighted by Crippen LogP contribution is -2.40. The molecule has 1 fully saturated rings. The summed E-state index contributed by atoms with van der Waals surface area (Å²) in [6.45, 7) is 0.257. The second-order valence-corrected chi connectivity index (χ2v) is 6.97. The van der Waals surface area contributed by atoms with Gasteiger partial charge in [-0.25, -0.2) is 4.79 Å². The normalized spacial score (nSPS) is 20.9. The van der Waals surface area contributed by atoms with Crippen LogP contribution in [-0.4, -0.2) is 23.8 Å². The SMILES string of the molecule is O=C(Nc1ccccc1-c1cccs1)NC1CCC(CO)CC1. The van der Waals surface area contributed by atoms with Crippen LogP contribution < -0.4 is 10.6 Å². The van der Waals surface area contributed by atoms with Crippen LogP contribution in [0.3, 0.4) is 0 Å². The molecule has 3 N–H and O–H groups in total. The van der Waals surface area contributed by atoms with Gasteiger partial charge in [0.15, 0.2) is 0 Å². The number of aliphatic hydroxyl groups is 1. The van der Waals surface area contributed by atoms with Gasteiger partial charge in [-0.05, 0) is 49.1 Å². The molecule has 0 bridgehead atoms. The molecule has 3 rings (SSSR count). The minimum Gasteiger partial charge on any atom is -0.396 e. The summed E-state index contributed by atoms with van der Waals surface area (Å²) in [6.07, 6.45) is 3.83. The van der Waals surface area contributed by atoms with E-state index in [-0.39, 0.29) is 18.7 Å². The van der Waals surface area contributed by atoms with Crippen molar-refractivity contribution in [2.24, 2.45) is 5.92 Å². The number of para-hydroxylation sites is 1. The molecule has 1 aliphatic carbocycles. The smallest absolute Gasteiger partial charge is 0.319 e. The van der Waals surface area contributed by atoms with Crippen molar-refractivity contribution in [3.63, 3.8) is 0 Å². The number of carbonyl (C=O) groups is 1. The van der Waals surface area contributed by atoms with Crippen LogP contribution in [0.4, 0.5) is 10.5 Å². The zero-order chi connectivity index (χ0) is 16.1. The van der Waals surface area contributed by atoms with Crippen molar-refractivity contribution in [2.75, 3.05) is 11.9 Å². The number of thiophene rings is 1. The molecule has 0 radical (unpaired) electrons. The maximum atomic E-state index is 12.3. The van der Waals surface area contributed by atoms with E-state index >= 15 is 0 Å². The standard InChI is InChI=1S/C18H22N2O2S/c21-12-13-7-9-14(10-8-13)19-18(22)20-16-5-2-1-4-15(16)17-6-3-11-23-17/h1-6,11,13-14,21H,7-10,12H2,(H2,19,20,22). The summed E-state index contributed by atoms with van der Waals surface area (Å²) < 4.78 is 0. The van der Waals surface area contributed by atoms with Gasteiger partial charge in [-0.2, -0.15) is 0 Å². The first-order chi connectivity index (χ1) is 11.3. The lowest BCUT2D eigenvalue weighted by atomic mass is 9.87. The van der Waals surface area contributed by atoms with Crippen molar-refractivity contribution < 1.29 is 9.90 Å². The molecule has 1 aliphatic rings. The van der Waals surface area contributed by atoms with E-state index in [4.69, 9.17) is 0 Å². The highest BCUT2D eigenvalue weighted by atomic mass is 32.1. The van der Waals surface area contributed by atoms with Crippen molar-refractivity contribution in [1.29, 1.82) is 0 Å². The highest BCUT2D eigenvalue weighted by Gasteiger charge is 2.22. The van der Waals surface area contributed by atoms with Crippen LogP contribution in [0.1, 0.15) is 25.7 Å². The Hall–Kier alpha value is -1.85. The maximum absolute atomic E-state index is 12.3. The molecular weight excluding hydrogens is 308 g/mol. The molecule has 0 unspecified atom stereocenters. The third-order valence-corrected chi connectivity index (χ3v) is 5.31. The number of aliphatic hydroxyl groups excluding tert-OH is 1. The zero-order valence-corrected chi connectivity index (χ0v) is 13.8. The summed E-state index contributed by atoms with van der Waals surface area (Å²) in [6, 6.07) is 12.0. The molecule has 0 atom stereocenters. The Labute approximate surface area is 140 Å². The van der Waals surface area contributed by atoms with Crippen LogP contribution in [-0.2, 0) is 0 Å². The quantitative estimate of drug-likeness (QED) is 0.791. The van der Waals surface area contributed by atoms with Crippen molar-refractivity contribution in [2.45, 2.75) is 31.7 Å². The van der Waals surface area contributed by atoms with E-state index in [1.807, 2.05) is 35.7 Å². The van der Waals surface area contributed by atoms with E-state index < -0.39 is 0 Å². The molecule has 5 heteroatoms. The number of rotatable bonds is 4. The average Bonchev–Trinajstić information content (AvgIpc) is 3.10. The summed E-state index contributed by atoms with van der Waals surface area (Å²) in [5, 5.41) is 17.2. The Bertz CT molecular complexity index is 634. The van der Waals surface area contributed by atoms with Crippen LogP contribution in [0.2, 0.25) is 0 Å². The van der Waals surface area contributed by atoms with Gasteiger partial charge in [0.2, 0.25) is 0 Å². The van der Waals surface area contributed by atoms with E-state index in [0.29, 0.717) is 5.92 Å². The van der Waals surface area contributed by atoms with Gasteiger partial charge in [0.25, 0.3) is 0 Å². The molecule has 1 heterocycles. The number of benzene rings is 1. The molecule has 122 valence electrons. The minimum atomic E-state index is -0.151. The molecule has 23 heavy (non-hydrogen) atoms. The van der Waals surface area contributed by atoms with Gasteiger partial charge in [-0.15, -0.1) is 11.3 Å². The average molecular weight is 330 g/mol. The summed E-state index contributed by atoms with van der Waals surface area (Å²) in [5.41, 5.74) is 1.87.